The SMILES string of the molecule is CN1C(=O)[C@](O)(CC(=O)/C=C/C=C/c2ccccc2)c2ccccc21. The predicted octanol–water partition coefficient (Wildman–Crippen LogP) is 3.08. The van der Waals surface area contributed by atoms with Crippen LogP contribution in [-0.4, -0.2) is 23.8 Å². The lowest BCUT2D eigenvalue weighted by atomic mass is 9.90. The Labute approximate surface area is 146 Å². The summed E-state index contributed by atoms with van der Waals surface area (Å²) < 4.78 is 0. The van der Waals surface area contributed by atoms with Crippen LogP contribution in [0.3, 0.4) is 0 Å². The van der Waals surface area contributed by atoms with Gasteiger partial charge in [0.25, 0.3) is 5.91 Å². The fraction of sp³-hybridized carbons (Fsp3) is 0.143. The van der Waals surface area contributed by atoms with Crippen LogP contribution in [0.1, 0.15) is 17.5 Å². The van der Waals surface area contributed by atoms with E-state index >= 15 is 0 Å². The van der Waals surface area contributed by atoms with Crippen molar-refractivity contribution in [1.82, 2.24) is 0 Å². The van der Waals surface area contributed by atoms with Gasteiger partial charge in [-0.1, -0.05) is 66.8 Å². The van der Waals surface area contributed by atoms with Gasteiger partial charge in [-0.3, -0.25) is 9.59 Å². The van der Waals surface area contributed by atoms with Gasteiger partial charge in [0.2, 0.25) is 0 Å². The molecule has 1 amide bonds. The van der Waals surface area contributed by atoms with E-state index in [1.54, 1.807) is 43.5 Å². The van der Waals surface area contributed by atoms with Gasteiger partial charge in [0.1, 0.15) is 0 Å². The van der Waals surface area contributed by atoms with Crippen molar-refractivity contribution < 1.29 is 14.7 Å². The Morgan fingerprint density at radius 1 is 1.08 bits per heavy atom. The number of hydrogen-bond donors (Lipinski definition) is 1. The number of anilines is 1. The summed E-state index contributed by atoms with van der Waals surface area (Å²) in [6, 6.07) is 16.7. The van der Waals surface area contributed by atoms with Crippen LogP contribution in [0.4, 0.5) is 5.69 Å². The summed E-state index contributed by atoms with van der Waals surface area (Å²) in [5.41, 5.74) is 0.343. The van der Waals surface area contributed by atoms with Crippen molar-refractivity contribution in [3.8, 4) is 0 Å². The molecule has 2 aromatic carbocycles. The van der Waals surface area contributed by atoms with Gasteiger partial charge in [-0.15, -0.1) is 0 Å². The summed E-state index contributed by atoms with van der Waals surface area (Å²) in [4.78, 5) is 26.0. The lowest BCUT2D eigenvalue weighted by Gasteiger charge is -2.20. The average Bonchev–Trinajstić information content (AvgIpc) is 2.82. The maximum Gasteiger partial charge on any atom is 0.263 e. The number of allylic oxidation sites excluding steroid dienone is 3. The first kappa shape index (κ1) is 16.9. The molecule has 4 heteroatoms. The van der Waals surface area contributed by atoms with Crippen LogP contribution in [0.15, 0.2) is 72.8 Å². The summed E-state index contributed by atoms with van der Waals surface area (Å²) in [6.07, 6.45) is 6.36. The van der Waals surface area contributed by atoms with Gasteiger partial charge in [0.05, 0.1) is 12.1 Å². The topological polar surface area (TPSA) is 57.6 Å². The molecule has 25 heavy (non-hydrogen) atoms. The zero-order chi connectivity index (χ0) is 17.9. The molecule has 126 valence electrons. The molecule has 0 radical (unpaired) electrons. The minimum Gasteiger partial charge on any atom is -0.375 e. The Hall–Kier alpha value is -2.98. The third-order valence-corrected chi connectivity index (χ3v) is 4.28. The molecule has 0 saturated carbocycles. The van der Waals surface area contributed by atoms with E-state index in [0.717, 1.165) is 5.56 Å². The third-order valence-electron chi connectivity index (χ3n) is 4.28. The van der Waals surface area contributed by atoms with Gasteiger partial charge in [0.15, 0.2) is 11.4 Å². The molecule has 1 N–H and O–H groups in total. The normalized spacial score (nSPS) is 19.8. The number of aliphatic hydroxyl groups is 1. The number of benzene rings is 2. The Bertz CT molecular complexity index is 854. The van der Waals surface area contributed by atoms with Crippen molar-refractivity contribution in [3.05, 3.63) is 84.0 Å². The molecule has 3 rings (SSSR count). The van der Waals surface area contributed by atoms with E-state index in [2.05, 4.69) is 0 Å². The third kappa shape index (κ3) is 3.30. The number of hydrogen-bond acceptors (Lipinski definition) is 3. The second-order valence-electron chi connectivity index (χ2n) is 6.01. The van der Waals surface area contributed by atoms with E-state index < -0.39 is 11.5 Å². The van der Waals surface area contributed by atoms with E-state index in [-0.39, 0.29) is 12.2 Å². The zero-order valence-corrected chi connectivity index (χ0v) is 13.9. The molecule has 0 aliphatic carbocycles. The number of rotatable bonds is 5. The van der Waals surface area contributed by atoms with Crippen LogP contribution in [0.2, 0.25) is 0 Å². The largest absolute Gasteiger partial charge is 0.375 e. The minimum absolute atomic E-state index is 0.275. The predicted molar refractivity (Wildman–Crippen MR) is 98.0 cm³/mol. The number of fused-ring (bicyclic) bond motifs is 1. The number of nitrogens with zero attached hydrogens (tertiary/aromatic N) is 1. The zero-order valence-electron chi connectivity index (χ0n) is 13.9. The van der Waals surface area contributed by atoms with E-state index in [9.17, 15) is 14.7 Å². The number of carbonyl (C=O) groups excluding carboxylic acids is 2. The first-order valence-corrected chi connectivity index (χ1v) is 8.05. The lowest BCUT2D eigenvalue weighted by Crippen LogP contribution is -2.40. The highest BCUT2D eigenvalue weighted by atomic mass is 16.3. The first-order valence-electron chi connectivity index (χ1n) is 8.05. The maximum absolute atomic E-state index is 12.4. The van der Waals surface area contributed by atoms with Crippen LogP contribution < -0.4 is 4.90 Å². The van der Waals surface area contributed by atoms with Gasteiger partial charge >= 0.3 is 0 Å². The summed E-state index contributed by atoms with van der Waals surface area (Å²) in [7, 11) is 1.60. The Morgan fingerprint density at radius 3 is 2.52 bits per heavy atom. The molecule has 1 aliphatic rings. The Kier molecular flexibility index (Phi) is 4.63. The van der Waals surface area contributed by atoms with Crippen LogP contribution in [0.5, 0.6) is 0 Å². The number of amides is 1. The highest BCUT2D eigenvalue weighted by Gasteiger charge is 2.49. The highest BCUT2D eigenvalue weighted by molar-refractivity contribution is 6.09. The molecular formula is C21H19NO3. The van der Waals surface area contributed by atoms with Crippen LogP contribution in [0.25, 0.3) is 6.08 Å². The molecule has 2 aromatic rings. The Morgan fingerprint density at radius 2 is 1.76 bits per heavy atom. The van der Waals surface area contributed by atoms with Crippen LogP contribution in [-0.2, 0) is 15.2 Å². The monoisotopic (exact) mass is 333 g/mol. The summed E-state index contributed by atoms with van der Waals surface area (Å²) in [5.74, 6) is -0.783. The van der Waals surface area contributed by atoms with Crippen molar-refractivity contribution in [2.24, 2.45) is 0 Å². The first-order chi connectivity index (χ1) is 12.0. The number of likely N-dealkylation sites (N-methyl/N-ethyl adjacent to an activating group) is 1. The van der Waals surface area contributed by atoms with E-state index in [0.29, 0.717) is 11.3 Å². The molecule has 1 aliphatic heterocycles. The van der Waals surface area contributed by atoms with Crippen LogP contribution >= 0.6 is 0 Å². The molecule has 1 heterocycles. The average molecular weight is 333 g/mol. The van der Waals surface area contributed by atoms with Crippen molar-refractivity contribution >= 4 is 23.5 Å². The molecule has 0 unspecified atom stereocenters. The van der Waals surface area contributed by atoms with Gasteiger partial charge in [-0.2, -0.15) is 0 Å². The molecule has 0 bridgehead atoms. The molecular weight excluding hydrogens is 314 g/mol. The van der Waals surface area contributed by atoms with Gasteiger partial charge in [-0.05, 0) is 17.7 Å². The lowest BCUT2D eigenvalue weighted by molar-refractivity contribution is -0.140. The maximum atomic E-state index is 12.4. The van der Waals surface area contributed by atoms with Crippen molar-refractivity contribution in [3.63, 3.8) is 0 Å². The fourth-order valence-corrected chi connectivity index (χ4v) is 2.99. The summed E-state index contributed by atoms with van der Waals surface area (Å²) in [5, 5.41) is 10.8. The summed E-state index contributed by atoms with van der Waals surface area (Å²) in [6.45, 7) is 0. The standard InChI is InChI=1S/C21H19NO3/c1-22-19-14-8-7-13-18(19)21(25,20(22)24)15-17(23)12-6-5-11-16-9-3-2-4-10-16/h2-14,25H,15H2,1H3/b11-5+,12-6+/t21-/m0/s1. The fourth-order valence-electron chi connectivity index (χ4n) is 2.99. The molecule has 4 nitrogen and oxygen atoms in total. The molecule has 0 spiro atoms. The second-order valence-corrected chi connectivity index (χ2v) is 6.01. The molecule has 1 atom stereocenters. The van der Waals surface area contributed by atoms with E-state index in [1.807, 2.05) is 36.4 Å². The summed E-state index contributed by atoms with van der Waals surface area (Å²) >= 11 is 0. The smallest absolute Gasteiger partial charge is 0.263 e. The van der Waals surface area contributed by atoms with E-state index in [1.165, 1.54) is 11.0 Å². The van der Waals surface area contributed by atoms with Crippen molar-refractivity contribution in [1.29, 1.82) is 0 Å². The van der Waals surface area contributed by atoms with E-state index in [4.69, 9.17) is 0 Å². The van der Waals surface area contributed by atoms with Gasteiger partial charge < -0.3 is 10.0 Å². The van der Waals surface area contributed by atoms with Gasteiger partial charge in [0, 0.05) is 12.6 Å². The number of carbonyl (C=O) groups is 2. The van der Waals surface area contributed by atoms with Gasteiger partial charge in [-0.25, -0.2) is 0 Å². The quantitative estimate of drug-likeness (QED) is 0.676. The second kappa shape index (κ2) is 6.87. The molecule has 0 aromatic heterocycles. The number of para-hydroxylation sites is 1. The highest BCUT2D eigenvalue weighted by Crippen LogP contribution is 2.41. The van der Waals surface area contributed by atoms with Crippen molar-refractivity contribution in [2.45, 2.75) is 12.0 Å². The molecule has 0 saturated heterocycles. The Balaban J connectivity index is 1.71. The molecule has 0 fully saturated rings. The minimum atomic E-state index is -1.80. The van der Waals surface area contributed by atoms with Crippen LogP contribution in [0, 0.1) is 0 Å². The number of ketones is 1. The van der Waals surface area contributed by atoms with Crippen molar-refractivity contribution in [2.75, 3.05) is 11.9 Å².